The molecular weight excluding hydrogens is 451 g/mol. The number of fused-ring (bicyclic) bond motifs is 1. The van der Waals surface area contributed by atoms with Crippen LogP contribution in [0.1, 0.15) is 22.8 Å². The van der Waals surface area contributed by atoms with Gasteiger partial charge in [-0.1, -0.05) is 0 Å². The summed E-state index contributed by atoms with van der Waals surface area (Å²) in [6.45, 7) is 0.999. The number of carbonyl (C=O) groups excluding carboxylic acids is 1. The molecule has 4 nitrogen and oxygen atoms in total. The van der Waals surface area contributed by atoms with Crippen molar-refractivity contribution in [2.24, 2.45) is 0 Å². The minimum atomic E-state index is -4.83. The van der Waals surface area contributed by atoms with Crippen LogP contribution in [0.3, 0.4) is 0 Å². The van der Waals surface area contributed by atoms with E-state index >= 15 is 0 Å². The molecule has 0 aliphatic carbocycles. The largest absolute Gasteiger partial charge is 0.417 e. The van der Waals surface area contributed by atoms with Crippen LogP contribution in [0.4, 0.5) is 33.5 Å². The van der Waals surface area contributed by atoms with E-state index in [4.69, 9.17) is 0 Å². The van der Waals surface area contributed by atoms with Crippen LogP contribution in [0.15, 0.2) is 39.6 Å². The van der Waals surface area contributed by atoms with E-state index in [1.807, 2.05) is 0 Å². The predicted molar refractivity (Wildman–Crippen MR) is 96.9 cm³/mol. The van der Waals surface area contributed by atoms with E-state index in [1.165, 1.54) is 0 Å². The topological polar surface area (TPSA) is 62.0 Å². The summed E-state index contributed by atoms with van der Waals surface area (Å²) in [6.07, 6.45) is -4.83. The fraction of sp³-hybridized carbons (Fsp3) is 0.111. The van der Waals surface area contributed by atoms with E-state index in [-0.39, 0.29) is 21.5 Å². The summed E-state index contributed by atoms with van der Waals surface area (Å²) in [7, 11) is 0. The molecule has 28 heavy (non-hydrogen) atoms. The molecule has 1 aromatic heterocycles. The second-order valence-corrected chi connectivity index (χ2v) is 6.74. The van der Waals surface area contributed by atoms with Gasteiger partial charge in [0.1, 0.15) is 23.0 Å². The summed E-state index contributed by atoms with van der Waals surface area (Å²) >= 11 is 3.07. The number of alkyl halides is 3. The van der Waals surface area contributed by atoms with Crippen LogP contribution in [0.25, 0.3) is 10.9 Å². The van der Waals surface area contributed by atoms with Gasteiger partial charge in [-0.25, -0.2) is 8.78 Å². The maximum absolute atomic E-state index is 13.4. The van der Waals surface area contributed by atoms with Gasteiger partial charge < -0.3 is 10.3 Å². The molecule has 0 unspecified atom stereocenters. The van der Waals surface area contributed by atoms with Gasteiger partial charge in [0, 0.05) is 16.2 Å². The summed E-state index contributed by atoms with van der Waals surface area (Å²) in [6, 6.07) is 4.24. The molecule has 0 spiro atoms. The number of H-pyrrole nitrogens is 1. The zero-order valence-corrected chi connectivity index (χ0v) is 15.6. The van der Waals surface area contributed by atoms with Crippen LogP contribution < -0.4 is 10.7 Å². The number of nitrogens with one attached hydrogen (secondary N) is 2. The van der Waals surface area contributed by atoms with Gasteiger partial charge in [-0.15, -0.1) is 0 Å². The van der Waals surface area contributed by atoms with Crippen LogP contribution in [0, 0.1) is 11.6 Å². The molecule has 0 saturated heterocycles. The normalized spacial score (nSPS) is 11.7. The molecule has 0 radical (unpaired) electrons. The summed E-state index contributed by atoms with van der Waals surface area (Å²) in [5.41, 5.74) is -3.32. The fourth-order valence-corrected chi connectivity index (χ4v) is 3.23. The number of hydrogen-bond donors (Lipinski definition) is 2. The number of aromatic amines is 1. The second-order valence-electron chi connectivity index (χ2n) is 5.89. The number of carbonyl (C=O) groups is 1. The minimum Gasteiger partial charge on any atom is -0.341 e. The molecule has 0 atom stereocenters. The lowest BCUT2D eigenvalue weighted by Crippen LogP contribution is -2.21. The van der Waals surface area contributed by atoms with E-state index in [9.17, 15) is 31.5 Å². The number of aromatic nitrogens is 1. The number of pyridine rings is 1. The molecule has 0 amide bonds. The van der Waals surface area contributed by atoms with Gasteiger partial charge in [-0.2, -0.15) is 13.2 Å². The highest BCUT2D eigenvalue weighted by Crippen LogP contribution is 2.36. The minimum absolute atomic E-state index is 0.135. The monoisotopic (exact) mass is 460 g/mol. The smallest absolute Gasteiger partial charge is 0.341 e. The van der Waals surface area contributed by atoms with Crippen LogP contribution in [0.2, 0.25) is 0 Å². The van der Waals surface area contributed by atoms with Crippen molar-refractivity contribution in [2.75, 3.05) is 5.32 Å². The van der Waals surface area contributed by atoms with Crippen LogP contribution in [-0.4, -0.2) is 10.8 Å². The van der Waals surface area contributed by atoms with Gasteiger partial charge >= 0.3 is 6.18 Å². The Morgan fingerprint density at radius 3 is 2.25 bits per heavy atom. The average molecular weight is 461 g/mol. The summed E-state index contributed by atoms with van der Waals surface area (Å²) < 4.78 is 67.0. The first-order chi connectivity index (χ1) is 13.0. The predicted octanol–water partition coefficient (Wildman–Crippen LogP) is 5.53. The number of anilines is 2. The molecule has 0 fully saturated rings. The first kappa shape index (κ1) is 20.0. The third kappa shape index (κ3) is 3.64. The van der Waals surface area contributed by atoms with Gasteiger partial charge in [0.05, 0.1) is 16.5 Å². The van der Waals surface area contributed by atoms with E-state index in [2.05, 4.69) is 26.2 Å². The van der Waals surface area contributed by atoms with Crippen molar-refractivity contribution in [1.82, 2.24) is 4.98 Å². The number of halogens is 6. The van der Waals surface area contributed by atoms with E-state index in [0.717, 1.165) is 31.2 Å². The van der Waals surface area contributed by atoms with Crippen molar-refractivity contribution < 1.29 is 26.7 Å². The van der Waals surface area contributed by atoms with Gasteiger partial charge in [-0.05, 0) is 47.1 Å². The fourth-order valence-electron chi connectivity index (χ4n) is 2.80. The highest BCUT2D eigenvalue weighted by molar-refractivity contribution is 9.10. The van der Waals surface area contributed by atoms with Crippen molar-refractivity contribution in [2.45, 2.75) is 13.1 Å². The first-order valence-corrected chi connectivity index (χ1v) is 8.48. The van der Waals surface area contributed by atoms with Crippen molar-refractivity contribution in [3.8, 4) is 0 Å². The Morgan fingerprint density at radius 2 is 1.71 bits per heavy atom. The first-order valence-electron chi connectivity index (χ1n) is 7.68. The van der Waals surface area contributed by atoms with Crippen molar-refractivity contribution in [1.29, 1.82) is 0 Å². The molecule has 0 bridgehead atoms. The number of benzene rings is 2. The SMILES string of the molecule is CC(=O)c1c(Nc2cc(F)cc(F)c2)[nH]c2c(Br)ccc(C(F)(F)F)c2c1=O. The van der Waals surface area contributed by atoms with Crippen LogP contribution in [0.5, 0.6) is 0 Å². The number of ketones is 1. The third-order valence-corrected chi connectivity index (χ3v) is 4.56. The van der Waals surface area contributed by atoms with Crippen molar-refractivity contribution in [3.63, 3.8) is 0 Å². The lowest BCUT2D eigenvalue weighted by molar-refractivity contribution is -0.136. The van der Waals surface area contributed by atoms with Crippen LogP contribution in [-0.2, 0) is 6.18 Å². The van der Waals surface area contributed by atoms with E-state index in [1.54, 1.807) is 0 Å². The Kier molecular flexibility index (Phi) is 5.00. The van der Waals surface area contributed by atoms with E-state index < -0.39 is 45.5 Å². The Labute approximate surface area is 162 Å². The standard InChI is InChI=1S/C18H10BrF5N2O2/c1-7(27)13-16(28)14-11(18(22,23)24)2-3-12(19)15(14)26-17(13)25-10-5-8(20)4-9(21)6-10/h2-6H,1H3,(H2,25,26,28). The van der Waals surface area contributed by atoms with Crippen molar-refractivity contribution >= 4 is 44.1 Å². The number of rotatable bonds is 3. The van der Waals surface area contributed by atoms with Crippen LogP contribution >= 0.6 is 15.9 Å². The average Bonchev–Trinajstić information content (AvgIpc) is 2.53. The second kappa shape index (κ2) is 7.01. The lowest BCUT2D eigenvalue weighted by atomic mass is 10.0. The highest BCUT2D eigenvalue weighted by Gasteiger charge is 2.35. The maximum Gasteiger partial charge on any atom is 0.417 e. The molecule has 2 N–H and O–H groups in total. The lowest BCUT2D eigenvalue weighted by Gasteiger charge is -2.16. The summed E-state index contributed by atoms with van der Waals surface area (Å²) in [5.74, 6) is -2.95. The molecule has 2 aromatic carbocycles. The third-order valence-electron chi connectivity index (χ3n) is 3.90. The van der Waals surface area contributed by atoms with Gasteiger partial charge in [0.25, 0.3) is 0 Å². The molecule has 3 aromatic rings. The number of Topliss-reactive ketones (excluding diaryl/α,β-unsaturated/α-hetero) is 1. The van der Waals surface area contributed by atoms with Gasteiger partial charge in [-0.3, -0.25) is 9.59 Å². The zero-order valence-electron chi connectivity index (χ0n) is 14.0. The molecule has 1 heterocycles. The quantitative estimate of drug-likeness (QED) is 0.398. The van der Waals surface area contributed by atoms with Gasteiger partial charge in [0.2, 0.25) is 5.43 Å². The molecule has 0 aliphatic heterocycles. The summed E-state index contributed by atoms with van der Waals surface area (Å²) in [4.78, 5) is 27.3. The molecule has 0 saturated carbocycles. The molecule has 10 heteroatoms. The molecular formula is C18H10BrF5N2O2. The Hall–Kier alpha value is -2.75. The molecule has 0 aliphatic rings. The molecule has 146 valence electrons. The van der Waals surface area contributed by atoms with Gasteiger partial charge in [0.15, 0.2) is 5.78 Å². The van der Waals surface area contributed by atoms with Crippen molar-refractivity contribution in [3.05, 3.63) is 67.8 Å². The Bertz CT molecular complexity index is 1150. The Balaban J connectivity index is 2.35. The number of hydrogen-bond acceptors (Lipinski definition) is 3. The summed E-state index contributed by atoms with van der Waals surface area (Å²) in [5, 5.41) is 1.78. The highest BCUT2D eigenvalue weighted by atomic mass is 79.9. The van der Waals surface area contributed by atoms with E-state index in [0.29, 0.717) is 6.07 Å². The Morgan fingerprint density at radius 1 is 1.11 bits per heavy atom. The molecule has 3 rings (SSSR count). The zero-order chi connectivity index (χ0) is 20.8. The maximum atomic E-state index is 13.4.